The number of carboxylic acids is 1. The number of benzene rings is 1. The van der Waals surface area contributed by atoms with Crippen LogP contribution in [-0.4, -0.2) is 42.2 Å². The summed E-state index contributed by atoms with van der Waals surface area (Å²) in [5.41, 5.74) is 0.962. The quantitative estimate of drug-likeness (QED) is 0.887. The highest BCUT2D eigenvalue weighted by molar-refractivity contribution is 5.66. The summed E-state index contributed by atoms with van der Waals surface area (Å²) in [4.78, 5) is 12.7. The monoisotopic (exact) mass is 267 g/mol. The van der Waals surface area contributed by atoms with E-state index in [1.54, 1.807) is 12.1 Å². The molecule has 2 rings (SSSR count). The van der Waals surface area contributed by atoms with E-state index in [0.29, 0.717) is 13.0 Å². The molecule has 1 aliphatic heterocycles. The van der Waals surface area contributed by atoms with Gasteiger partial charge in [0.1, 0.15) is 5.82 Å². The first-order chi connectivity index (χ1) is 9.15. The predicted octanol–water partition coefficient (Wildman–Crippen LogP) is 2.06. The molecule has 1 unspecified atom stereocenters. The summed E-state index contributed by atoms with van der Waals surface area (Å²) in [7, 11) is 0. The van der Waals surface area contributed by atoms with Gasteiger partial charge in [0.05, 0.1) is 12.7 Å². The second kappa shape index (κ2) is 6.63. The molecule has 0 saturated carbocycles. The van der Waals surface area contributed by atoms with Gasteiger partial charge in [-0.05, 0) is 30.7 Å². The van der Waals surface area contributed by atoms with Crippen molar-refractivity contribution >= 4 is 5.97 Å². The van der Waals surface area contributed by atoms with Crippen LogP contribution in [0.1, 0.15) is 24.5 Å². The smallest absolute Gasteiger partial charge is 0.303 e. The molecule has 0 radical (unpaired) electrons. The van der Waals surface area contributed by atoms with Gasteiger partial charge >= 0.3 is 5.97 Å². The largest absolute Gasteiger partial charge is 0.481 e. The highest BCUT2D eigenvalue weighted by atomic mass is 19.1. The molecule has 104 valence electrons. The molecule has 0 amide bonds. The molecule has 0 aromatic heterocycles. The second-order valence-corrected chi connectivity index (χ2v) is 4.71. The molecule has 4 nitrogen and oxygen atoms in total. The van der Waals surface area contributed by atoms with Gasteiger partial charge < -0.3 is 9.84 Å². The minimum atomic E-state index is -0.761. The minimum Gasteiger partial charge on any atom is -0.481 e. The van der Waals surface area contributed by atoms with Gasteiger partial charge in [-0.3, -0.25) is 9.69 Å². The Hall–Kier alpha value is -1.46. The summed E-state index contributed by atoms with van der Waals surface area (Å²) in [6.45, 7) is 2.92. The molecule has 1 aromatic rings. The van der Waals surface area contributed by atoms with E-state index >= 15 is 0 Å². The number of hydrogen-bond donors (Lipinski definition) is 1. The predicted molar refractivity (Wildman–Crippen MR) is 68.4 cm³/mol. The Morgan fingerprint density at radius 3 is 2.84 bits per heavy atom. The number of halogens is 1. The van der Waals surface area contributed by atoms with Crippen molar-refractivity contribution in [1.29, 1.82) is 0 Å². The van der Waals surface area contributed by atoms with Crippen LogP contribution in [-0.2, 0) is 9.53 Å². The lowest BCUT2D eigenvalue weighted by Crippen LogP contribution is -2.39. The van der Waals surface area contributed by atoms with Crippen molar-refractivity contribution in [2.24, 2.45) is 0 Å². The number of ether oxygens (including phenoxy) is 1. The third-order valence-electron chi connectivity index (χ3n) is 3.26. The third-order valence-corrected chi connectivity index (χ3v) is 3.26. The van der Waals surface area contributed by atoms with Gasteiger partial charge in [0.25, 0.3) is 0 Å². The SMILES string of the molecule is O=C(O)CCCN1CCOC(c2ccc(F)cc2)C1. The van der Waals surface area contributed by atoms with Gasteiger partial charge in [0.15, 0.2) is 0 Å². The van der Waals surface area contributed by atoms with Gasteiger partial charge in [0.2, 0.25) is 0 Å². The van der Waals surface area contributed by atoms with Gasteiger partial charge in [-0.25, -0.2) is 4.39 Å². The number of aliphatic carboxylic acids is 1. The van der Waals surface area contributed by atoms with Crippen molar-refractivity contribution in [2.45, 2.75) is 18.9 Å². The van der Waals surface area contributed by atoms with Crippen molar-refractivity contribution in [3.05, 3.63) is 35.6 Å². The van der Waals surface area contributed by atoms with Crippen LogP contribution >= 0.6 is 0 Å². The van der Waals surface area contributed by atoms with Gasteiger partial charge in [-0.2, -0.15) is 0 Å². The summed E-state index contributed by atoms with van der Waals surface area (Å²) < 4.78 is 18.5. The van der Waals surface area contributed by atoms with Crippen molar-refractivity contribution in [3.63, 3.8) is 0 Å². The fourth-order valence-corrected chi connectivity index (χ4v) is 2.24. The van der Waals surface area contributed by atoms with Gasteiger partial charge in [0, 0.05) is 19.5 Å². The van der Waals surface area contributed by atoms with Crippen LogP contribution in [0.15, 0.2) is 24.3 Å². The topological polar surface area (TPSA) is 49.8 Å². The van der Waals surface area contributed by atoms with Crippen molar-refractivity contribution in [3.8, 4) is 0 Å². The maximum absolute atomic E-state index is 12.9. The highest BCUT2D eigenvalue weighted by Gasteiger charge is 2.21. The number of rotatable bonds is 5. The van der Waals surface area contributed by atoms with E-state index in [-0.39, 0.29) is 18.3 Å². The molecule has 1 atom stereocenters. The zero-order valence-electron chi connectivity index (χ0n) is 10.7. The maximum atomic E-state index is 12.9. The van der Waals surface area contributed by atoms with Crippen LogP contribution in [0.3, 0.4) is 0 Å². The molecule has 1 fully saturated rings. The number of nitrogens with zero attached hydrogens (tertiary/aromatic N) is 1. The number of carboxylic acid groups (broad SMARTS) is 1. The minimum absolute atomic E-state index is 0.0563. The number of morpholine rings is 1. The molecule has 0 bridgehead atoms. The molecule has 5 heteroatoms. The Bertz CT molecular complexity index is 421. The Morgan fingerprint density at radius 2 is 2.16 bits per heavy atom. The molecular weight excluding hydrogens is 249 g/mol. The van der Waals surface area contributed by atoms with Crippen molar-refractivity contribution in [2.75, 3.05) is 26.2 Å². The first kappa shape index (κ1) is 14.0. The van der Waals surface area contributed by atoms with Crippen LogP contribution in [0, 0.1) is 5.82 Å². The molecule has 1 saturated heterocycles. The summed E-state index contributed by atoms with van der Waals surface area (Å²) in [5.74, 6) is -1.01. The van der Waals surface area contributed by atoms with E-state index in [1.165, 1.54) is 12.1 Å². The van der Waals surface area contributed by atoms with E-state index in [1.807, 2.05) is 0 Å². The third kappa shape index (κ3) is 4.29. The van der Waals surface area contributed by atoms with Crippen LogP contribution in [0.25, 0.3) is 0 Å². The van der Waals surface area contributed by atoms with Crippen LogP contribution in [0.2, 0.25) is 0 Å². The molecule has 1 N–H and O–H groups in total. The zero-order chi connectivity index (χ0) is 13.7. The molecule has 1 aliphatic rings. The molecule has 1 heterocycles. The first-order valence-electron chi connectivity index (χ1n) is 6.46. The van der Waals surface area contributed by atoms with E-state index in [2.05, 4.69) is 4.90 Å². The molecule has 1 aromatic carbocycles. The summed E-state index contributed by atoms with van der Waals surface area (Å²) in [6, 6.07) is 6.34. The summed E-state index contributed by atoms with van der Waals surface area (Å²) in [5, 5.41) is 8.62. The lowest BCUT2D eigenvalue weighted by molar-refractivity contribution is -0.137. The normalized spacial score (nSPS) is 20.4. The van der Waals surface area contributed by atoms with E-state index in [9.17, 15) is 9.18 Å². The highest BCUT2D eigenvalue weighted by Crippen LogP contribution is 2.22. The van der Waals surface area contributed by atoms with E-state index < -0.39 is 5.97 Å². The fraction of sp³-hybridized carbons (Fsp3) is 0.500. The average molecular weight is 267 g/mol. The lowest BCUT2D eigenvalue weighted by Gasteiger charge is -2.33. The lowest BCUT2D eigenvalue weighted by atomic mass is 10.1. The van der Waals surface area contributed by atoms with Crippen molar-refractivity contribution in [1.82, 2.24) is 4.90 Å². The van der Waals surface area contributed by atoms with Crippen LogP contribution in [0.4, 0.5) is 4.39 Å². The second-order valence-electron chi connectivity index (χ2n) is 4.71. The van der Waals surface area contributed by atoms with Crippen molar-refractivity contribution < 1.29 is 19.0 Å². The summed E-state index contributed by atoms with van der Waals surface area (Å²) >= 11 is 0. The maximum Gasteiger partial charge on any atom is 0.303 e. The van der Waals surface area contributed by atoms with Crippen LogP contribution in [0.5, 0.6) is 0 Å². The number of carbonyl (C=O) groups is 1. The Balaban J connectivity index is 1.86. The fourth-order valence-electron chi connectivity index (χ4n) is 2.24. The zero-order valence-corrected chi connectivity index (χ0v) is 10.7. The van der Waals surface area contributed by atoms with E-state index in [0.717, 1.165) is 25.2 Å². The number of hydrogen-bond acceptors (Lipinski definition) is 3. The Kier molecular flexibility index (Phi) is 4.87. The average Bonchev–Trinajstić information content (AvgIpc) is 2.39. The Labute approximate surface area is 111 Å². The standard InChI is InChI=1S/C14H18FNO3/c15-12-5-3-11(4-6-12)13-10-16(8-9-19-13)7-1-2-14(17)18/h3-6,13H,1-2,7-10H2,(H,17,18). The molecule has 0 aliphatic carbocycles. The van der Waals surface area contributed by atoms with Crippen LogP contribution < -0.4 is 0 Å². The molecular formula is C14H18FNO3. The molecule has 0 spiro atoms. The summed E-state index contributed by atoms with van der Waals surface area (Å²) in [6.07, 6.45) is 0.781. The van der Waals surface area contributed by atoms with Gasteiger partial charge in [-0.15, -0.1) is 0 Å². The Morgan fingerprint density at radius 1 is 1.42 bits per heavy atom. The van der Waals surface area contributed by atoms with Gasteiger partial charge in [-0.1, -0.05) is 12.1 Å². The first-order valence-corrected chi connectivity index (χ1v) is 6.46. The molecule has 19 heavy (non-hydrogen) atoms. The van der Waals surface area contributed by atoms with E-state index in [4.69, 9.17) is 9.84 Å².